The lowest BCUT2D eigenvalue weighted by Gasteiger charge is -2.18. The minimum Gasteiger partial charge on any atom is -0.480 e. The molecule has 0 fully saturated rings. The van der Waals surface area contributed by atoms with Gasteiger partial charge in [0.05, 0.1) is 32.4 Å². The van der Waals surface area contributed by atoms with Crippen molar-refractivity contribution in [2.75, 3.05) is 5.73 Å². The Kier molecular flexibility index (Phi) is 7.24. The van der Waals surface area contributed by atoms with Crippen LogP contribution in [0, 0.1) is 0 Å². The first-order valence-corrected chi connectivity index (χ1v) is 11.4. The summed E-state index contributed by atoms with van der Waals surface area (Å²) in [6.07, 6.45) is -3.51. The van der Waals surface area contributed by atoms with E-state index in [0.717, 1.165) is 12.1 Å². The van der Waals surface area contributed by atoms with Gasteiger partial charge in [0.2, 0.25) is 0 Å². The number of hydrogen-bond acceptors (Lipinski definition) is 5. The molecule has 2 aromatic heterocycles. The Balaban J connectivity index is 1.76. The zero-order chi connectivity index (χ0) is 26.9. The van der Waals surface area contributed by atoms with Crippen LogP contribution in [0.1, 0.15) is 21.5 Å². The van der Waals surface area contributed by atoms with E-state index in [0.29, 0.717) is 10.9 Å². The van der Waals surface area contributed by atoms with Gasteiger partial charge in [-0.1, -0.05) is 47.5 Å². The molecule has 2 heterocycles. The van der Waals surface area contributed by atoms with Crippen LogP contribution in [0.4, 0.5) is 19.0 Å². The molecule has 1 amide bonds. The van der Waals surface area contributed by atoms with Crippen molar-refractivity contribution < 1.29 is 27.9 Å². The molecule has 7 nitrogen and oxygen atoms in total. The molecule has 0 aliphatic rings. The Hall–Kier alpha value is -3.89. The molecule has 2 aromatic carbocycles. The van der Waals surface area contributed by atoms with E-state index in [4.69, 9.17) is 28.9 Å². The highest BCUT2D eigenvalue weighted by molar-refractivity contribution is 6.39. The summed E-state index contributed by atoms with van der Waals surface area (Å²) >= 11 is 12.1. The number of amides is 1. The summed E-state index contributed by atoms with van der Waals surface area (Å²) in [6.45, 7) is 0. The first kappa shape index (κ1) is 26.2. The number of rotatable bonds is 6. The van der Waals surface area contributed by atoms with Crippen LogP contribution in [0.3, 0.4) is 0 Å². The zero-order valence-electron chi connectivity index (χ0n) is 18.7. The van der Waals surface area contributed by atoms with Gasteiger partial charge in [0.15, 0.2) is 0 Å². The standard InChI is InChI=1S/C25H17Cl2F3N4O3/c26-16-4-1-5-17(27)20(16)23(35)33-18(24(36)37)11-12-6-7-14(21-13(12)3-2-10-32-21)22-15(25(28,29)30)8-9-19(31)34-22/h1-10,18H,11H2,(H2,31,34)(H,33,35)(H,36,37)/t18-/m0/s1. The molecule has 0 aliphatic carbocycles. The SMILES string of the molecule is Nc1ccc(C(F)(F)F)c(-c2ccc(C[C@H](NC(=O)c3c(Cl)cccc3Cl)C(=O)O)c3cccnc23)n1. The smallest absolute Gasteiger partial charge is 0.418 e. The Bertz CT molecular complexity index is 1510. The first-order chi connectivity index (χ1) is 17.5. The largest absolute Gasteiger partial charge is 0.480 e. The highest BCUT2D eigenvalue weighted by atomic mass is 35.5. The predicted octanol–water partition coefficient (Wildman–Crippen LogP) is 5.63. The summed E-state index contributed by atoms with van der Waals surface area (Å²) in [7, 11) is 0. The number of aliphatic carboxylic acids is 1. The second-order valence-corrected chi connectivity index (χ2v) is 8.78. The van der Waals surface area contributed by atoms with Crippen molar-refractivity contribution in [3.8, 4) is 11.3 Å². The van der Waals surface area contributed by atoms with Crippen LogP contribution in [0.2, 0.25) is 10.0 Å². The number of pyridine rings is 2. The number of nitrogens with two attached hydrogens (primary N) is 1. The molecule has 0 bridgehead atoms. The fraction of sp³-hybridized carbons (Fsp3) is 0.120. The lowest BCUT2D eigenvalue weighted by molar-refractivity contribution is -0.139. The van der Waals surface area contributed by atoms with Crippen LogP contribution in [0.5, 0.6) is 0 Å². The van der Waals surface area contributed by atoms with Crippen molar-refractivity contribution >= 4 is 51.8 Å². The molecule has 12 heteroatoms. The van der Waals surface area contributed by atoms with Crippen molar-refractivity contribution in [2.45, 2.75) is 18.6 Å². The molecule has 0 saturated heterocycles. The summed E-state index contributed by atoms with van der Waals surface area (Å²) in [5.74, 6) is -2.24. The highest BCUT2D eigenvalue weighted by Gasteiger charge is 2.35. The second-order valence-electron chi connectivity index (χ2n) is 7.97. The summed E-state index contributed by atoms with van der Waals surface area (Å²) in [5.41, 5.74) is 4.85. The number of nitrogen functional groups attached to an aromatic ring is 1. The molecular weight excluding hydrogens is 532 g/mol. The van der Waals surface area contributed by atoms with E-state index in [-0.39, 0.29) is 38.9 Å². The Morgan fingerprint density at radius 2 is 1.73 bits per heavy atom. The summed E-state index contributed by atoms with van der Waals surface area (Å²) in [6, 6.07) is 10.9. The lowest BCUT2D eigenvalue weighted by Crippen LogP contribution is -2.42. The number of fused-ring (bicyclic) bond motifs is 1. The maximum Gasteiger partial charge on any atom is 0.418 e. The number of hydrogen-bond donors (Lipinski definition) is 3. The number of nitrogens with zero attached hydrogens (tertiary/aromatic N) is 2. The third-order valence-electron chi connectivity index (χ3n) is 5.55. The molecule has 37 heavy (non-hydrogen) atoms. The number of carboxylic acids is 1. The van der Waals surface area contributed by atoms with Crippen LogP contribution in [-0.4, -0.2) is 33.0 Å². The number of aromatic nitrogens is 2. The van der Waals surface area contributed by atoms with Gasteiger partial charge < -0.3 is 16.2 Å². The third kappa shape index (κ3) is 5.45. The number of nitrogens with one attached hydrogen (secondary N) is 1. The highest BCUT2D eigenvalue weighted by Crippen LogP contribution is 2.39. The minimum atomic E-state index is -4.70. The molecule has 0 saturated carbocycles. The average molecular weight is 549 g/mol. The van der Waals surface area contributed by atoms with E-state index < -0.39 is 35.4 Å². The summed E-state index contributed by atoms with van der Waals surface area (Å²) in [4.78, 5) is 32.9. The van der Waals surface area contributed by atoms with Gasteiger partial charge in [0, 0.05) is 23.6 Å². The van der Waals surface area contributed by atoms with E-state index in [1.54, 1.807) is 12.1 Å². The molecule has 4 aromatic rings. The van der Waals surface area contributed by atoms with Gasteiger partial charge in [-0.25, -0.2) is 9.78 Å². The summed E-state index contributed by atoms with van der Waals surface area (Å²) < 4.78 is 41.1. The van der Waals surface area contributed by atoms with Crippen LogP contribution < -0.4 is 11.1 Å². The average Bonchev–Trinajstić information content (AvgIpc) is 2.82. The fourth-order valence-electron chi connectivity index (χ4n) is 3.87. The van der Waals surface area contributed by atoms with Crippen LogP contribution in [0.15, 0.2) is 60.8 Å². The molecule has 1 atom stereocenters. The Morgan fingerprint density at radius 1 is 1.03 bits per heavy atom. The maximum absolute atomic E-state index is 13.7. The van der Waals surface area contributed by atoms with Crippen LogP contribution >= 0.6 is 23.2 Å². The van der Waals surface area contributed by atoms with Gasteiger partial charge in [-0.15, -0.1) is 0 Å². The molecule has 4 N–H and O–H groups in total. The topological polar surface area (TPSA) is 118 Å². The van der Waals surface area contributed by atoms with Gasteiger partial charge in [-0.2, -0.15) is 13.2 Å². The van der Waals surface area contributed by atoms with Gasteiger partial charge in [0.25, 0.3) is 5.91 Å². The molecule has 190 valence electrons. The fourth-order valence-corrected chi connectivity index (χ4v) is 4.44. The lowest BCUT2D eigenvalue weighted by atomic mass is 9.95. The van der Waals surface area contributed by atoms with Crippen LogP contribution in [0.25, 0.3) is 22.2 Å². The minimum absolute atomic E-state index is 0.0447. The van der Waals surface area contributed by atoms with E-state index >= 15 is 0 Å². The van der Waals surface area contributed by atoms with Gasteiger partial charge in [0.1, 0.15) is 11.9 Å². The first-order valence-electron chi connectivity index (χ1n) is 10.7. The van der Waals surface area contributed by atoms with Crippen LogP contribution in [-0.2, 0) is 17.4 Å². The Labute approximate surface area is 218 Å². The number of anilines is 1. The Morgan fingerprint density at radius 3 is 2.38 bits per heavy atom. The number of carbonyl (C=O) groups is 2. The monoisotopic (exact) mass is 548 g/mol. The quantitative estimate of drug-likeness (QED) is 0.287. The summed E-state index contributed by atoms with van der Waals surface area (Å²) in [5, 5.41) is 12.7. The number of carboxylic acid groups (broad SMARTS) is 1. The predicted molar refractivity (Wildman–Crippen MR) is 133 cm³/mol. The normalized spacial score (nSPS) is 12.4. The van der Waals surface area contributed by atoms with Gasteiger partial charge in [-0.05, 0) is 35.9 Å². The molecule has 0 spiro atoms. The third-order valence-corrected chi connectivity index (χ3v) is 6.18. The van der Waals surface area contributed by atoms with Crippen molar-refractivity contribution in [1.82, 2.24) is 15.3 Å². The van der Waals surface area contributed by atoms with Gasteiger partial charge >= 0.3 is 12.1 Å². The van der Waals surface area contributed by atoms with Gasteiger partial charge in [-0.3, -0.25) is 9.78 Å². The van der Waals surface area contributed by atoms with Crippen molar-refractivity contribution in [3.63, 3.8) is 0 Å². The number of benzene rings is 2. The second kappa shape index (κ2) is 10.2. The number of halogens is 5. The maximum atomic E-state index is 13.7. The zero-order valence-corrected chi connectivity index (χ0v) is 20.2. The van der Waals surface area contributed by atoms with E-state index in [1.807, 2.05) is 0 Å². The van der Waals surface area contributed by atoms with E-state index in [1.165, 1.54) is 36.5 Å². The van der Waals surface area contributed by atoms with Crippen molar-refractivity contribution in [2.24, 2.45) is 0 Å². The molecule has 0 aliphatic heterocycles. The number of alkyl halides is 3. The van der Waals surface area contributed by atoms with Crippen molar-refractivity contribution in [3.05, 3.63) is 87.5 Å². The molecule has 4 rings (SSSR count). The van der Waals surface area contributed by atoms with E-state index in [9.17, 15) is 27.9 Å². The van der Waals surface area contributed by atoms with E-state index in [2.05, 4.69) is 15.3 Å². The molecule has 0 unspecified atom stereocenters. The number of carbonyl (C=O) groups excluding carboxylic acids is 1. The van der Waals surface area contributed by atoms with Crippen molar-refractivity contribution in [1.29, 1.82) is 0 Å². The molecule has 0 radical (unpaired) electrons. The molecular formula is C25H17Cl2F3N4O3.